The van der Waals surface area contributed by atoms with Gasteiger partial charge in [0.05, 0.1) is 25.2 Å². The third-order valence-corrected chi connectivity index (χ3v) is 7.36. The topological polar surface area (TPSA) is 123 Å². The van der Waals surface area contributed by atoms with Gasteiger partial charge in [0, 0.05) is 25.9 Å². The Morgan fingerprint density at radius 1 is 0.976 bits per heavy atom. The number of amides is 3. The summed E-state index contributed by atoms with van der Waals surface area (Å²) in [5, 5.41) is 5.37. The number of Topliss-reactive ketones (excluding diaryl/α,β-unsaturated/α-hetero) is 1. The molecule has 0 radical (unpaired) electrons. The van der Waals surface area contributed by atoms with Crippen molar-refractivity contribution in [2.45, 2.75) is 83.3 Å². The van der Waals surface area contributed by atoms with Crippen LogP contribution in [0.15, 0.2) is 54.6 Å². The van der Waals surface area contributed by atoms with Crippen molar-refractivity contribution >= 4 is 23.7 Å². The molecule has 2 aliphatic heterocycles. The van der Waals surface area contributed by atoms with Gasteiger partial charge in [-0.15, -0.1) is 0 Å². The smallest absolute Gasteiger partial charge is 0.408 e. The molecule has 0 saturated carbocycles. The Hall–Kier alpha value is -3.92. The molecule has 0 unspecified atom stereocenters. The number of ketones is 1. The summed E-state index contributed by atoms with van der Waals surface area (Å²) in [5.41, 5.74) is -1.25. The van der Waals surface area contributed by atoms with Crippen LogP contribution in [-0.4, -0.2) is 71.1 Å². The van der Waals surface area contributed by atoms with E-state index >= 15 is 0 Å². The number of nitrogens with one attached hydrogen (secondary N) is 2. The van der Waals surface area contributed by atoms with Gasteiger partial charge in [0.15, 0.2) is 5.78 Å². The fourth-order valence-electron chi connectivity index (χ4n) is 5.07. The van der Waals surface area contributed by atoms with Crippen molar-refractivity contribution in [3.63, 3.8) is 0 Å². The summed E-state index contributed by atoms with van der Waals surface area (Å²) in [6.45, 7) is 9.19. The van der Waals surface area contributed by atoms with Gasteiger partial charge in [0.2, 0.25) is 11.8 Å². The molecule has 4 rings (SSSR count). The lowest BCUT2D eigenvalue weighted by atomic mass is 9.82. The largest absolute Gasteiger partial charge is 0.486 e. The van der Waals surface area contributed by atoms with Gasteiger partial charge in [-0.05, 0) is 52.3 Å². The van der Waals surface area contributed by atoms with E-state index in [1.54, 1.807) is 51.7 Å². The second kappa shape index (κ2) is 12.5. The summed E-state index contributed by atoms with van der Waals surface area (Å²) < 4.78 is 17.5. The number of ether oxygens (including phenoxy) is 3. The molecule has 0 aromatic heterocycles. The third kappa shape index (κ3) is 7.88. The van der Waals surface area contributed by atoms with Crippen LogP contribution in [0.2, 0.25) is 0 Å². The molecule has 42 heavy (non-hydrogen) atoms. The van der Waals surface area contributed by atoms with Crippen LogP contribution in [0.3, 0.4) is 0 Å². The Morgan fingerprint density at radius 2 is 1.62 bits per heavy atom. The molecule has 0 bridgehead atoms. The van der Waals surface area contributed by atoms with Crippen LogP contribution in [0.5, 0.6) is 5.75 Å². The first-order valence-corrected chi connectivity index (χ1v) is 14.3. The Kier molecular flexibility index (Phi) is 9.25. The number of fused-ring (bicyclic) bond motifs is 1. The van der Waals surface area contributed by atoms with Crippen molar-refractivity contribution in [3.05, 3.63) is 65.7 Å². The van der Waals surface area contributed by atoms with Crippen molar-refractivity contribution in [3.8, 4) is 5.75 Å². The first-order chi connectivity index (χ1) is 19.8. The fraction of sp³-hybridized carbons (Fsp3) is 0.500. The van der Waals surface area contributed by atoms with E-state index in [0.29, 0.717) is 37.2 Å². The Bertz CT molecular complexity index is 1290. The molecule has 1 fully saturated rings. The van der Waals surface area contributed by atoms with E-state index in [-0.39, 0.29) is 31.3 Å². The molecule has 2 aliphatic rings. The van der Waals surface area contributed by atoms with E-state index < -0.39 is 34.8 Å². The zero-order chi connectivity index (χ0) is 30.5. The summed E-state index contributed by atoms with van der Waals surface area (Å²) in [6.07, 6.45) is 0.485. The van der Waals surface area contributed by atoms with E-state index in [1.807, 2.05) is 42.5 Å². The molecule has 2 aromatic carbocycles. The molecule has 2 aromatic rings. The van der Waals surface area contributed by atoms with E-state index in [1.165, 1.54) is 0 Å². The molecule has 1 atom stereocenters. The van der Waals surface area contributed by atoms with E-state index in [2.05, 4.69) is 10.6 Å². The van der Waals surface area contributed by atoms with Gasteiger partial charge in [0.1, 0.15) is 28.5 Å². The van der Waals surface area contributed by atoms with Crippen LogP contribution in [0, 0.1) is 0 Å². The van der Waals surface area contributed by atoms with Crippen molar-refractivity contribution in [1.82, 2.24) is 15.5 Å². The molecular weight excluding hydrogens is 538 g/mol. The first-order valence-electron chi connectivity index (χ1n) is 14.3. The average molecular weight is 580 g/mol. The highest BCUT2D eigenvalue weighted by atomic mass is 16.6. The van der Waals surface area contributed by atoms with Crippen molar-refractivity contribution in [2.24, 2.45) is 0 Å². The molecule has 226 valence electrons. The predicted octanol–water partition coefficient (Wildman–Crippen LogP) is 4.02. The maximum Gasteiger partial charge on any atom is 0.408 e. The summed E-state index contributed by atoms with van der Waals surface area (Å²) in [5.74, 6) is -0.244. The lowest BCUT2D eigenvalue weighted by Crippen LogP contribution is -2.61. The number of rotatable bonds is 8. The minimum atomic E-state index is -1.37. The lowest BCUT2D eigenvalue weighted by molar-refractivity contribution is -0.142. The second-order valence-corrected chi connectivity index (χ2v) is 12.5. The van der Waals surface area contributed by atoms with Crippen LogP contribution >= 0.6 is 0 Å². The summed E-state index contributed by atoms with van der Waals surface area (Å²) in [4.78, 5) is 54.0. The number of piperidine rings is 1. The van der Waals surface area contributed by atoms with Crippen molar-refractivity contribution in [1.29, 1.82) is 0 Å². The van der Waals surface area contributed by atoms with Gasteiger partial charge in [-0.2, -0.15) is 0 Å². The minimum absolute atomic E-state index is 0.0378. The molecule has 2 heterocycles. The van der Waals surface area contributed by atoms with Gasteiger partial charge in [-0.25, -0.2) is 4.79 Å². The third-order valence-electron chi connectivity index (χ3n) is 7.36. The number of alkyl carbamates (subject to hydrolysis) is 1. The molecule has 2 N–H and O–H groups in total. The highest BCUT2D eigenvalue weighted by molar-refractivity contribution is 6.00. The van der Waals surface area contributed by atoms with Gasteiger partial charge in [0.25, 0.3) is 0 Å². The Morgan fingerprint density at radius 3 is 2.29 bits per heavy atom. The van der Waals surface area contributed by atoms with Gasteiger partial charge >= 0.3 is 6.09 Å². The number of nitrogens with zero attached hydrogens (tertiary/aromatic N) is 1. The number of para-hydroxylation sites is 1. The molecule has 0 aliphatic carbocycles. The quantitative estimate of drug-likeness (QED) is 0.484. The van der Waals surface area contributed by atoms with Crippen molar-refractivity contribution < 1.29 is 33.4 Å². The van der Waals surface area contributed by atoms with Crippen LogP contribution < -0.4 is 15.4 Å². The number of benzene rings is 2. The van der Waals surface area contributed by atoms with Gasteiger partial charge in [-0.1, -0.05) is 42.5 Å². The van der Waals surface area contributed by atoms with Crippen molar-refractivity contribution in [2.75, 3.05) is 19.7 Å². The molecular formula is C32H41N3O7. The number of hydrogen-bond acceptors (Lipinski definition) is 7. The molecule has 10 nitrogen and oxygen atoms in total. The first kappa shape index (κ1) is 31.0. The van der Waals surface area contributed by atoms with Gasteiger partial charge in [-0.3, -0.25) is 14.4 Å². The standard InChI is InChI=1S/C32H41N3O7/c1-30(2,3)42-29(39)34-31(4,5)28(38)33-24(21-40-20-22-11-7-6-8-12-22)27(37)35-17-15-32(16-18-35)19-25(36)23-13-9-10-14-26(23)41-32/h6-14,24H,15-21H2,1-5H3,(H,33,38)(H,34,39)/t24-/m1/s1. The SMILES string of the molecule is CC(C)(C)OC(=O)NC(C)(C)C(=O)N[C@H](COCc1ccccc1)C(=O)N1CCC2(CC1)CC(=O)c1ccccc1O2. The lowest BCUT2D eigenvalue weighted by Gasteiger charge is -2.44. The van der Waals surface area contributed by atoms with E-state index in [4.69, 9.17) is 14.2 Å². The minimum Gasteiger partial charge on any atom is -0.486 e. The molecule has 1 saturated heterocycles. The average Bonchev–Trinajstić information content (AvgIpc) is 2.91. The molecule has 1 spiro atoms. The van der Waals surface area contributed by atoms with Crippen LogP contribution in [0.1, 0.15) is 69.8 Å². The highest BCUT2D eigenvalue weighted by Crippen LogP contribution is 2.39. The zero-order valence-corrected chi connectivity index (χ0v) is 25.0. The highest BCUT2D eigenvalue weighted by Gasteiger charge is 2.44. The predicted molar refractivity (Wildman–Crippen MR) is 156 cm³/mol. The number of hydrogen-bond donors (Lipinski definition) is 2. The summed E-state index contributed by atoms with van der Waals surface area (Å²) in [7, 11) is 0. The fourth-order valence-corrected chi connectivity index (χ4v) is 5.07. The Labute approximate surface area is 247 Å². The second-order valence-electron chi connectivity index (χ2n) is 12.5. The molecule has 10 heteroatoms. The monoisotopic (exact) mass is 579 g/mol. The molecule has 3 amide bonds. The van der Waals surface area contributed by atoms with E-state index in [0.717, 1.165) is 5.56 Å². The van der Waals surface area contributed by atoms with Crippen LogP contribution in [0.25, 0.3) is 0 Å². The summed E-state index contributed by atoms with van der Waals surface area (Å²) >= 11 is 0. The maximum atomic E-state index is 13.8. The maximum absolute atomic E-state index is 13.8. The summed E-state index contributed by atoms with van der Waals surface area (Å²) in [6, 6.07) is 15.8. The number of carbonyl (C=O) groups excluding carboxylic acids is 4. The normalized spacial score (nSPS) is 17.1. The van der Waals surface area contributed by atoms with E-state index in [9.17, 15) is 19.2 Å². The number of carbonyl (C=O) groups is 4. The zero-order valence-electron chi connectivity index (χ0n) is 25.0. The number of likely N-dealkylation sites (tertiary alicyclic amines) is 1. The van der Waals surface area contributed by atoms with Crippen LogP contribution in [0.4, 0.5) is 4.79 Å². The Balaban J connectivity index is 1.42. The van der Waals surface area contributed by atoms with Gasteiger partial charge < -0.3 is 29.7 Å². The van der Waals surface area contributed by atoms with Crippen LogP contribution in [-0.2, 0) is 25.7 Å².